The fourth-order valence-electron chi connectivity index (χ4n) is 2.22. The zero-order valence-corrected chi connectivity index (χ0v) is 16.9. The molecule has 0 spiro atoms. The van der Waals surface area contributed by atoms with Crippen LogP contribution in [0.1, 0.15) is 66.7 Å². The molecule has 4 N–H and O–H groups in total. The number of nitrogens with one attached hydrogen (secondary N) is 2. The van der Waals surface area contributed by atoms with Crippen LogP contribution in [0.25, 0.3) is 0 Å². The van der Waals surface area contributed by atoms with Crippen LogP contribution < -0.4 is 16.4 Å². The van der Waals surface area contributed by atoms with Gasteiger partial charge in [0, 0.05) is 31.3 Å². The Morgan fingerprint density at radius 1 is 0.880 bits per heavy atom. The first-order valence-electron chi connectivity index (χ1n) is 9.43. The van der Waals surface area contributed by atoms with Crippen molar-refractivity contribution in [1.82, 2.24) is 10.6 Å². The molecular weight excluding hydrogens is 318 g/mol. The number of hydrogen-bond donors (Lipinski definition) is 3. The van der Waals surface area contributed by atoms with Crippen LogP contribution >= 0.6 is 0 Å². The number of hydrogen-bond acceptors (Lipinski definition) is 4. The maximum absolute atomic E-state index is 12.0. The van der Waals surface area contributed by atoms with Crippen molar-refractivity contribution >= 4 is 11.8 Å². The molecular formula is C19H39N3O3. The molecule has 0 atom stereocenters. The summed E-state index contributed by atoms with van der Waals surface area (Å²) in [4.78, 5) is 23.1. The predicted molar refractivity (Wildman–Crippen MR) is 102 cm³/mol. The van der Waals surface area contributed by atoms with Crippen molar-refractivity contribution in [2.24, 2.45) is 16.6 Å². The number of carbonyl (C=O) groups excluding carboxylic acids is 2. The van der Waals surface area contributed by atoms with E-state index >= 15 is 0 Å². The highest BCUT2D eigenvalue weighted by atomic mass is 16.5. The Morgan fingerprint density at radius 3 is 1.92 bits per heavy atom. The molecule has 0 aromatic heterocycles. The van der Waals surface area contributed by atoms with Crippen molar-refractivity contribution in [3.63, 3.8) is 0 Å². The van der Waals surface area contributed by atoms with Crippen molar-refractivity contribution < 1.29 is 14.3 Å². The van der Waals surface area contributed by atoms with Crippen LogP contribution in [0, 0.1) is 10.8 Å². The van der Waals surface area contributed by atoms with Gasteiger partial charge in [0.05, 0.1) is 13.2 Å². The van der Waals surface area contributed by atoms with Crippen molar-refractivity contribution in [2.75, 3.05) is 32.8 Å². The molecule has 0 radical (unpaired) electrons. The van der Waals surface area contributed by atoms with Crippen molar-refractivity contribution in [3.05, 3.63) is 0 Å². The van der Waals surface area contributed by atoms with E-state index in [1.165, 1.54) is 0 Å². The maximum Gasteiger partial charge on any atom is 0.220 e. The molecule has 0 saturated carbocycles. The minimum Gasteiger partial charge on any atom is -0.380 e. The fourth-order valence-corrected chi connectivity index (χ4v) is 2.22. The van der Waals surface area contributed by atoms with Gasteiger partial charge in [-0.2, -0.15) is 0 Å². The molecule has 0 fully saturated rings. The number of unbranched alkanes of at least 4 members (excludes halogenated alkanes) is 2. The first kappa shape index (κ1) is 23.9. The lowest BCUT2D eigenvalue weighted by atomic mass is 9.89. The summed E-state index contributed by atoms with van der Waals surface area (Å²) < 4.78 is 5.76. The van der Waals surface area contributed by atoms with E-state index in [4.69, 9.17) is 10.5 Å². The average Bonchev–Trinajstić information content (AvgIpc) is 2.52. The van der Waals surface area contributed by atoms with Crippen LogP contribution in [0.5, 0.6) is 0 Å². The molecule has 0 aromatic rings. The summed E-state index contributed by atoms with van der Waals surface area (Å²) in [5, 5.41) is 5.81. The van der Waals surface area contributed by atoms with Gasteiger partial charge in [0.2, 0.25) is 11.8 Å². The summed E-state index contributed by atoms with van der Waals surface area (Å²) in [6, 6.07) is 0. The Morgan fingerprint density at radius 2 is 1.40 bits per heavy atom. The number of amides is 2. The summed E-state index contributed by atoms with van der Waals surface area (Å²) in [6.45, 7) is 13.2. The van der Waals surface area contributed by atoms with E-state index in [9.17, 15) is 9.59 Å². The van der Waals surface area contributed by atoms with E-state index in [-0.39, 0.29) is 22.6 Å². The summed E-state index contributed by atoms with van der Waals surface area (Å²) in [7, 11) is 0. The predicted octanol–water partition coefficient (Wildman–Crippen LogP) is 2.22. The average molecular weight is 358 g/mol. The SMILES string of the molecule is CCC(=O)NCCCCCNC(=O)CC(C)(C)COCC(C)(C)CN. The molecule has 6 nitrogen and oxygen atoms in total. The second-order valence-electron chi connectivity index (χ2n) is 8.32. The van der Waals surface area contributed by atoms with Gasteiger partial charge in [0.1, 0.15) is 0 Å². The quantitative estimate of drug-likeness (QED) is 0.416. The van der Waals surface area contributed by atoms with Gasteiger partial charge in [-0.25, -0.2) is 0 Å². The Hall–Kier alpha value is -1.14. The van der Waals surface area contributed by atoms with Crippen LogP contribution in [0.3, 0.4) is 0 Å². The molecule has 0 saturated heterocycles. The largest absolute Gasteiger partial charge is 0.380 e. The first-order valence-corrected chi connectivity index (χ1v) is 9.43. The fraction of sp³-hybridized carbons (Fsp3) is 0.895. The highest BCUT2D eigenvalue weighted by molar-refractivity contribution is 5.76. The van der Waals surface area contributed by atoms with Crippen molar-refractivity contribution in [2.45, 2.75) is 66.7 Å². The summed E-state index contributed by atoms with van der Waals surface area (Å²) in [5.74, 6) is 0.151. The Bertz CT molecular complexity index is 395. The van der Waals surface area contributed by atoms with Crippen LogP contribution in [0.4, 0.5) is 0 Å². The van der Waals surface area contributed by atoms with Gasteiger partial charge in [-0.15, -0.1) is 0 Å². The Balaban J connectivity index is 3.77. The van der Waals surface area contributed by atoms with Gasteiger partial charge in [-0.1, -0.05) is 34.6 Å². The molecule has 0 bridgehead atoms. The van der Waals surface area contributed by atoms with E-state index in [1.807, 2.05) is 20.8 Å². The zero-order valence-electron chi connectivity index (χ0n) is 16.9. The van der Waals surface area contributed by atoms with Crippen LogP contribution in [0.15, 0.2) is 0 Å². The molecule has 0 aliphatic rings. The molecule has 0 unspecified atom stereocenters. The van der Waals surface area contributed by atoms with Gasteiger partial charge in [-0.3, -0.25) is 9.59 Å². The lowest BCUT2D eigenvalue weighted by molar-refractivity contribution is -0.124. The molecule has 148 valence electrons. The molecule has 0 aliphatic carbocycles. The minimum atomic E-state index is -0.195. The van der Waals surface area contributed by atoms with Gasteiger partial charge in [0.25, 0.3) is 0 Å². The number of ether oxygens (including phenoxy) is 1. The Labute approximate surface area is 153 Å². The minimum absolute atomic E-state index is 0.0328. The summed E-state index contributed by atoms with van der Waals surface area (Å²) >= 11 is 0. The smallest absolute Gasteiger partial charge is 0.220 e. The number of nitrogens with two attached hydrogens (primary N) is 1. The topological polar surface area (TPSA) is 93.5 Å². The maximum atomic E-state index is 12.0. The lowest BCUT2D eigenvalue weighted by Gasteiger charge is -2.28. The third kappa shape index (κ3) is 13.8. The van der Waals surface area contributed by atoms with Crippen molar-refractivity contribution in [3.8, 4) is 0 Å². The third-order valence-electron chi connectivity index (χ3n) is 4.00. The highest BCUT2D eigenvalue weighted by Gasteiger charge is 2.24. The monoisotopic (exact) mass is 357 g/mol. The Kier molecular flexibility index (Phi) is 11.7. The molecule has 2 amide bonds. The first-order chi connectivity index (χ1) is 11.6. The molecule has 0 aromatic carbocycles. The molecule has 6 heteroatoms. The summed E-state index contributed by atoms with van der Waals surface area (Å²) in [6.07, 6.45) is 3.83. The number of carbonyl (C=O) groups is 2. The normalized spacial score (nSPS) is 12.1. The van der Waals surface area contributed by atoms with E-state index in [2.05, 4.69) is 24.5 Å². The summed E-state index contributed by atoms with van der Waals surface area (Å²) in [5.41, 5.74) is 5.46. The van der Waals surface area contributed by atoms with Gasteiger partial charge in [0.15, 0.2) is 0 Å². The third-order valence-corrected chi connectivity index (χ3v) is 4.00. The van der Waals surface area contributed by atoms with E-state index < -0.39 is 0 Å². The molecule has 25 heavy (non-hydrogen) atoms. The highest BCUT2D eigenvalue weighted by Crippen LogP contribution is 2.22. The van der Waals surface area contributed by atoms with Gasteiger partial charge >= 0.3 is 0 Å². The second-order valence-corrected chi connectivity index (χ2v) is 8.32. The van der Waals surface area contributed by atoms with Gasteiger partial charge in [-0.05, 0) is 31.2 Å². The number of rotatable bonds is 14. The van der Waals surface area contributed by atoms with E-state index in [1.54, 1.807) is 0 Å². The standard InChI is InChI=1S/C19H39N3O3/c1-6-16(23)21-10-8-7-9-11-22-17(24)12-18(2,3)14-25-15-19(4,5)13-20/h6-15,20H2,1-5H3,(H,21,23)(H,22,24). The molecule has 0 heterocycles. The van der Waals surface area contributed by atoms with Crippen LogP contribution in [-0.4, -0.2) is 44.7 Å². The lowest BCUT2D eigenvalue weighted by Crippen LogP contribution is -2.34. The zero-order chi connectivity index (χ0) is 19.3. The molecule has 0 rings (SSSR count). The van der Waals surface area contributed by atoms with Crippen LogP contribution in [0.2, 0.25) is 0 Å². The van der Waals surface area contributed by atoms with Crippen molar-refractivity contribution in [1.29, 1.82) is 0 Å². The van der Waals surface area contributed by atoms with Crippen LogP contribution in [-0.2, 0) is 14.3 Å². The second kappa shape index (κ2) is 12.3. The molecule has 0 aliphatic heterocycles. The van der Waals surface area contributed by atoms with Gasteiger partial charge < -0.3 is 21.1 Å². The van der Waals surface area contributed by atoms with E-state index in [0.29, 0.717) is 45.7 Å². The van der Waals surface area contributed by atoms with E-state index in [0.717, 1.165) is 19.3 Å².